The second-order valence-corrected chi connectivity index (χ2v) is 52.2. The van der Waals surface area contributed by atoms with E-state index < -0.39 is 5.97 Å². The number of carboxylic acid groups (broad SMARTS) is 1. The molecule has 0 bridgehead atoms. The Hall–Kier alpha value is -1.77. The molecule has 0 saturated heterocycles. The fourth-order valence-corrected chi connectivity index (χ4v) is 37.2. The number of hydrogen-bond donors (Lipinski definition) is 5. The van der Waals surface area contributed by atoms with Gasteiger partial charge in [-0.1, -0.05) is 271 Å². The van der Waals surface area contributed by atoms with Gasteiger partial charge < -0.3 is 31.0 Å². The fourth-order valence-electron chi connectivity index (χ4n) is 37.2. The molecule has 7 heteroatoms. The number of fused-ring (bicyclic) bond motifs is 20. The number of hydrogen-bond acceptors (Lipinski definition) is 5. The summed E-state index contributed by atoms with van der Waals surface area (Å²) in [7, 11) is 0. The minimum absolute atomic E-state index is 0. The first-order chi connectivity index (χ1) is 59.1. The molecular formula is C119H208O7. The van der Waals surface area contributed by atoms with Gasteiger partial charge in [0.25, 0.3) is 0 Å². The van der Waals surface area contributed by atoms with E-state index in [0.29, 0.717) is 43.3 Å². The summed E-state index contributed by atoms with van der Waals surface area (Å²) in [6.45, 7) is 62.0. The Labute approximate surface area is 779 Å². The van der Waals surface area contributed by atoms with Crippen LogP contribution in [-0.4, -0.2) is 61.4 Å². The average Bonchev–Trinajstić information content (AvgIpc) is 1.49. The van der Waals surface area contributed by atoms with Crippen molar-refractivity contribution in [2.45, 2.75) is 486 Å². The maximum atomic E-state index is 10.2. The third-order valence-corrected chi connectivity index (χ3v) is 45.5. The summed E-state index contributed by atoms with van der Waals surface area (Å²) < 4.78 is 0. The topological polar surface area (TPSA) is 150 Å². The van der Waals surface area contributed by atoms with Crippen LogP contribution in [0, 0.1) is 209 Å². The second-order valence-electron chi connectivity index (χ2n) is 52.2. The zero-order valence-corrected chi connectivity index (χ0v) is 87.2. The van der Waals surface area contributed by atoms with Crippen molar-refractivity contribution in [3.8, 4) is 0 Å². The predicted octanol–water partition coefficient (Wildman–Crippen LogP) is 31.8. The van der Waals surface area contributed by atoms with Gasteiger partial charge in [-0.05, 0) is 440 Å². The highest BCUT2D eigenvalue weighted by atomic mass is 16.4. The summed E-state index contributed by atoms with van der Waals surface area (Å²) in [6, 6.07) is 0. The van der Waals surface area contributed by atoms with Gasteiger partial charge >= 0.3 is 5.97 Å². The van der Waals surface area contributed by atoms with E-state index in [1.54, 1.807) is 29.2 Å². The SMILES string of the molecule is CCC(=O)O.CC[C@@H](CC[C@H](C)[C@@H]1CC[C@@H]2[C@H]3CC=C4C[C@H](O)CC[C@@]4(C)[C@@H]3CC[C@]21C)C(C)C.CC[C@@H](CC[C@H](C)[C@@H]1CC[C@@H]2[C@H]3CC=C4C[C@H](O)CC[C@@]4(C)[C@@H]3CC[C@]21C)C(C)C.CC[C@@H](CC[C@H](C)[C@@H]1CC[C@@H]2[C@H]3CC=C4C[C@H](O)CC[C@@]4(C)[C@@H]3CC[C@]21C)C(C)C.CC[C@@H](CC[C@H](C)[C@@H]1CC[C@@H]2[C@H]3CC=C4C[C@H](O)CC[C@@]4(C)[C@@H]3CC[C@]21C)C(C)C.O. The molecule has 0 aliphatic heterocycles. The van der Waals surface area contributed by atoms with E-state index in [-0.39, 0.29) is 36.3 Å². The maximum Gasteiger partial charge on any atom is 0.303 e. The fraction of sp³-hybridized carbons (Fsp3) is 0.924. The normalized spacial score (nSPS) is 43.5. The summed E-state index contributed by atoms with van der Waals surface area (Å²) in [5, 5.41) is 48.7. The molecule has 126 heavy (non-hydrogen) atoms. The molecule has 36 atom stereocenters. The lowest BCUT2D eigenvalue weighted by Crippen LogP contribution is -2.50. The van der Waals surface area contributed by atoms with Gasteiger partial charge in [0.2, 0.25) is 0 Å². The van der Waals surface area contributed by atoms with E-state index in [2.05, 4.69) is 190 Å². The van der Waals surface area contributed by atoms with E-state index in [9.17, 15) is 25.2 Å². The Bertz CT molecular complexity index is 3120. The van der Waals surface area contributed by atoms with Crippen molar-refractivity contribution in [2.24, 2.45) is 209 Å². The summed E-state index contributed by atoms with van der Waals surface area (Å²) in [6.07, 6.45) is 68.6. The molecule has 0 unspecified atom stereocenters. The van der Waals surface area contributed by atoms with Crippen LogP contribution in [0.15, 0.2) is 46.6 Å². The summed E-state index contributed by atoms with van der Waals surface area (Å²) in [4.78, 5) is 9.37. The van der Waals surface area contributed by atoms with Crippen LogP contribution in [0.1, 0.15) is 462 Å². The molecule has 0 aromatic heterocycles. The molecule has 0 spiro atoms. The quantitative estimate of drug-likeness (QED) is 0.0575. The van der Waals surface area contributed by atoms with Crippen molar-refractivity contribution in [1.29, 1.82) is 0 Å². The monoisotopic (exact) mass is 1750 g/mol. The number of aliphatic hydroxyl groups excluding tert-OH is 4. The molecule has 12 saturated carbocycles. The maximum absolute atomic E-state index is 10.2. The van der Waals surface area contributed by atoms with E-state index in [4.69, 9.17) is 5.11 Å². The molecule has 7 nitrogen and oxygen atoms in total. The lowest BCUT2D eigenvalue weighted by Gasteiger charge is -2.58. The molecule has 16 aliphatic carbocycles. The minimum Gasteiger partial charge on any atom is -0.481 e. The number of rotatable bonds is 25. The third kappa shape index (κ3) is 21.0. The van der Waals surface area contributed by atoms with E-state index >= 15 is 0 Å². The van der Waals surface area contributed by atoms with Gasteiger partial charge in [0, 0.05) is 6.42 Å². The van der Waals surface area contributed by atoms with Crippen molar-refractivity contribution in [1.82, 2.24) is 0 Å². The molecule has 16 rings (SSSR count). The zero-order valence-electron chi connectivity index (χ0n) is 87.2. The van der Waals surface area contributed by atoms with Crippen LogP contribution < -0.4 is 0 Å². The average molecular weight is 1750 g/mol. The molecule has 0 aromatic rings. The van der Waals surface area contributed by atoms with Crippen LogP contribution in [0.3, 0.4) is 0 Å². The highest BCUT2D eigenvalue weighted by Gasteiger charge is 2.65. The minimum atomic E-state index is -0.745. The van der Waals surface area contributed by atoms with E-state index in [1.165, 1.54) is 231 Å². The number of aliphatic hydroxyl groups is 4. The van der Waals surface area contributed by atoms with Crippen molar-refractivity contribution in [3.05, 3.63) is 46.6 Å². The molecule has 7 N–H and O–H groups in total. The molecule has 0 radical (unpaired) electrons. The summed E-state index contributed by atoms with van der Waals surface area (Å²) in [5.74, 6) is 24.5. The van der Waals surface area contributed by atoms with Crippen LogP contribution in [0.25, 0.3) is 0 Å². The van der Waals surface area contributed by atoms with Gasteiger partial charge in [-0.2, -0.15) is 0 Å². The molecular weight excluding hydrogens is 1540 g/mol. The molecule has 0 amide bonds. The van der Waals surface area contributed by atoms with Crippen LogP contribution in [0.4, 0.5) is 0 Å². The van der Waals surface area contributed by atoms with Gasteiger partial charge in [0.15, 0.2) is 0 Å². The summed E-state index contributed by atoms with van der Waals surface area (Å²) >= 11 is 0. The van der Waals surface area contributed by atoms with Gasteiger partial charge in [0.1, 0.15) is 0 Å². The Morgan fingerprint density at radius 3 is 0.651 bits per heavy atom. The Kier molecular flexibility index (Phi) is 36.0. The largest absolute Gasteiger partial charge is 0.481 e. The third-order valence-electron chi connectivity index (χ3n) is 45.5. The Morgan fingerprint density at radius 2 is 0.484 bits per heavy atom. The Balaban J connectivity index is 0.000000160. The van der Waals surface area contributed by atoms with Gasteiger partial charge in [-0.25, -0.2) is 0 Å². The highest BCUT2D eigenvalue weighted by molar-refractivity contribution is 5.66. The molecule has 16 aliphatic rings. The standard InChI is InChI=1S/4C29H50O.C3H6O2.H2O/c4*1-7-21(19(2)3)9-8-20(4)25-12-13-26-24-11-10-22-18-23(30)14-16-28(22,5)27(24)15-17-29(25,26)6;1-2-3(4)5;/h4*10,19-21,23-27,30H,7-9,11-18H2,1-6H3;2H2,1H3,(H,4,5);1H2/t4*20-,21-,23+,24+,25-,26+,27+,28+,29-;;/m0000../s1. The van der Waals surface area contributed by atoms with E-state index in [0.717, 1.165) is 217 Å². The number of aliphatic carboxylic acids is 1. The first kappa shape index (κ1) is 105. The van der Waals surface area contributed by atoms with Crippen LogP contribution in [0.5, 0.6) is 0 Å². The van der Waals surface area contributed by atoms with Crippen LogP contribution >= 0.6 is 0 Å². The molecule has 0 heterocycles. The van der Waals surface area contributed by atoms with Gasteiger partial charge in [-0.15, -0.1) is 0 Å². The lowest BCUT2D eigenvalue weighted by atomic mass is 9.47. The highest BCUT2D eigenvalue weighted by Crippen LogP contribution is 2.73. The second kappa shape index (κ2) is 43.3. The van der Waals surface area contributed by atoms with Crippen molar-refractivity contribution in [2.75, 3.05) is 0 Å². The van der Waals surface area contributed by atoms with E-state index in [1.807, 2.05) is 0 Å². The number of carbonyl (C=O) groups is 1. The molecule has 0 aromatic carbocycles. The van der Waals surface area contributed by atoms with Crippen LogP contribution in [-0.2, 0) is 4.79 Å². The smallest absolute Gasteiger partial charge is 0.303 e. The number of carboxylic acids is 1. The van der Waals surface area contributed by atoms with Gasteiger partial charge in [0.05, 0.1) is 24.4 Å². The van der Waals surface area contributed by atoms with Crippen molar-refractivity contribution in [3.63, 3.8) is 0 Å². The zero-order chi connectivity index (χ0) is 91.0. The first-order valence-electron chi connectivity index (χ1n) is 55.8. The predicted molar refractivity (Wildman–Crippen MR) is 534 cm³/mol. The first-order valence-corrected chi connectivity index (χ1v) is 55.8. The van der Waals surface area contributed by atoms with Crippen molar-refractivity contribution >= 4 is 5.97 Å². The van der Waals surface area contributed by atoms with Crippen LogP contribution in [0.2, 0.25) is 0 Å². The summed E-state index contributed by atoms with van der Waals surface area (Å²) in [5.41, 5.74) is 10.3. The number of allylic oxidation sites excluding steroid dienone is 4. The van der Waals surface area contributed by atoms with Gasteiger partial charge in [-0.3, -0.25) is 4.79 Å². The Morgan fingerprint density at radius 1 is 0.294 bits per heavy atom. The van der Waals surface area contributed by atoms with Crippen molar-refractivity contribution < 1.29 is 35.8 Å². The molecule has 726 valence electrons. The lowest BCUT2D eigenvalue weighted by molar-refractivity contribution is -0.136. The molecule has 12 fully saturated rings.